The molecule has 0 spiro atoms. The summed E-state index contributed by atoms with van der Waals surface area (Å²) in [5.41, 5.74) is 1.81. The van der Waals surface area contributed by atoms with Gasteiger partial charge in [-0.1, -0.05) is 12.8 Å². The van der Waals surface area contributed by atoms with Gasteiger partial charge < -0.3 is 10.4 Å². The number of thiazole rings is 1. The zero-order chi connectivity index (χ0) is 14.8. The van der Waals surface area contributed by atoms with E-state index in [1.807, 2.05) is 23.8 Å². The number of hydrogen-bond donors (Lipinski definition) is 2. The Kier molecular flexibility index (Phi) is 4.37. The lowest BCUT2D eigenvalue weighted by Crippen LogP contribution is -2.45. The van der Waals surface area contributed by atoms with Crippen LogP contribution in [-0.2, 0) is 0 Å². The molecule has 0 saturated heterocycles. The third-order valence-corrected chi connectivity index (χ3v) is 5.71. The molecule has 1 aliphatic rings. The number of amides is 1. The minimum absolute atomic E-state index is 0.113. The highest BCUT2D eigenvalue weighted by Gasteiger charge is 2.26. The number of aryl methyl sites for hydroxylation is 1. The van der Waals surface area contributed by atoms with E-state index in [2.05, 4.69) is 10.3 Å². The van der Waals surface area contributed by atoms with E-state index in [1.165, 1.54) is 11.3 Å². The fourth-order valence-electron chi connectivity index (χ4n) is 2.63. The highest BCUT2D eigenvalue weighted by Crippen LogP contribution is 2.29. The van der Waals surface area contributed by atoms with Gasteiger partial charge in [-0.05, 0) is 31.2 Å². The van der Waals surface area contributed by atoms with Crippen molar-refractivity contribution in [3.05, 3.63) is 27.4 Å². The topological polar surface area (TPSA) is 62.2 Å². The van der Waals surface area contributed by atoms with Crippen molar-refractivity contribution in [3.8, 4) is 10.6 Å². The molecule has 0 radical (unpaired) electrons. The third kappa shape index (κ3) is 3.17. The highest BCUT2D eigenvalue weighted by atomic mass is 32.1. The summed E-state index contributed by atoms with van der Waals surface area (Å²) in [5.74, 6) is -0.113. The predicted molar refractivity (Wildman–Crippen MR) is 85.9 cm³/mol. The summed E-state index contributed by atoms with van der Waals surface area (Å²) in [6.07, 6.45) is 3.29. The van der Waals surface area contributed by atoms with E-state index in [0.717, 1.165) is 41.9 Å². The van der Waals surface area contributed by atoms with Gasteiger partial charge in [0.1, 0.15) is 9.88 Å². The van der Waals surface area contributed by atoms with Crippen molar-refractivity contribution in [3.63, 3.8) is 0 Å². The standard InChI is InChI=1S/C15H18N2O2S2/c1-9-13(21-15(16-9)10-6-7-20-8-10)14(19)17-11-4-2-3-5-12(11)18/h6-8,11-12,18H,2-5H2,1H3,(H,17,19)/t11-,12-/m0/s1. The highest BCUT2D eigenvalue weighted by molar-refractivity contribution is 7.17. The maximum atomic E-state index is 12.4. The van der Waals surface area contributed by atoms with Crippen molar-refractivity contribution in [1.29, 1.82) is 0 Å². The van der Waals surface area contributed by atoms with Gasteiger partial charge in [-0.15, -0.1) is 11.3 Å². The number of hydrogen-bond acceptors (Lipinski definition) is 5. The molecular formula is C15H18N2O2S2. The molecule has 2 aromatic heterocycles. The fourth-order valence-corrected chi connectivity index (χ4v) is 4.31. The minimum Gasteiger partial charge on any atom is -0.391 e. The maximum absolute atomic E-state index is 12.4. The molecule has 3 rings (SSSR count). The lowest BCUT2D eigenvalue weighted by molar-refractivity contribution is 0.0719. The van der Waals surface area contributed by atoms with E-state index < -0.39 is 6.10 Å². The summed E-state index contributed by atoms with van der Waals surface area (Å²) in [5, 5.41) is 17.8. The molecule has 2 atom stereocenters. The van der Waals surface area contributed by atoms with Crippen molar-refractivity contribution in [1.82, 2.24) is 10.3 Å². The number of carbonyl (C=O) groups is 1. The monoisotopic (exact) mass is 322 g/mol. The van der Waals surface area contributed by atoms with Gasteiger partial charge in [-0.2, -0.15) is 11.3 Å². The van der Waals surface area contributed by atoms with Crippen molar-refractivity contribution in [2.45, 2.75) is 44.8 Å². The van der Waals surface area contributed by atoms with E-state index in [9.17, 15) is 9.90 Å². The third-order valence-electron chi connectivity index (χ3n) is 3.82. The second-order valence-corrected chi connectivity index (χ2v) is 7.16. The second-order valence-electron chi connectivity index (χ2n) is 5.38. The molecule has 112 valence electrons. The van der Waals surface area contributed by atoms with Crippen LogP contribution in [-0.4, -0.2) is 28.1 Å². The molecule has 1 saturated carbocycles. The van der Waals surface area contributed by atoms with Gasteiger partial charge in [0, 0.05) is 10.9 Å². The van der Waals surface area contributed by atoms with Crippen molar-refractivity contribution < 1.29 is 9.90 Å². The number of aromatic nitrogens is 1. The molecule has 4 nitrogen and oxygen atoms in total. The van der Waals surface area contributed by atoms with Crippen molar-refractivity contribution in [2.75, 3.05) is 0 Å². The van der Waals surface area contributed by atoms with Crippen LogP contribution in [0.5, 0.6) is 0 Å². The Balaban J connectivity index is 1.75. The Hall–Kier alpha value is -1.24. The lowest BCUT2D eigenvalue weighted by Gasteiger charge is -2.28. The number of aliphatic hydroxyl groups is 1. The van der Waals surface area contributed by atoms with Crippen LogP contribution < -0.4 is 5.32 Å². The van der Waals surface area contributed by atoms with E-state index in [0.29, 0.717) is 4.88 Å². The quantitative estimate of drug-likeness (QED) is 0.912. The number of carbonyl (C=O) groups excluding carboxylic acids is 1. The molecule has 1 aliphatic carbocycles. The van der Waals surface area contributed by atoms with E-state index in [1.54, 1.807) is 11.3 Å². The maximum Gasteiger partial charge on any atom is 0.263 e. The molecule has 6 heteroatoms. The Morgan fingerprint density at radius 3 is 2.95 bits per heavy atom. The Bertz CT molecular complexity index is 622. The second kappa shape index (κ2) is 6.25. The van der Waals surface area contributed by atoms with Crippen LogP contribution in [0.25, 0.3) is 10.6 Å². The van der Waals surface area contributed by atoms with Crippen LogP contribution >= 0.6 is 22.7 Å². The molecule has 0 aromatic carbocycles. The molecule has 0 aliphatic heterocycles. The van der Waals surface area contributed by atoms with Crippen molar-refractivity contribution >= 4 is 28.6 Å². The number of thiophene rings is 1. The van der Waals surface area contributed by atoms with Gasteiger partial charge in [-0.25, -0.2) is 4.98 Å². The van der Waals surface area contributed by atoms with Crippen molar-refractivity contribution in [2.24, 2.45) is 0 Å². The molecule has 0 bridgehead atoms. The normalized spacial score (nSPS) is 22.2. The smallest absolute Gasteiger partial charge is 0.263 e. The number of rotatable bonds is 3. The van der Waals surface area contributed by atoms with Crippen LogP contribution in [0.3, 0.4) is 0 Å². The SMILES string of the molecule is Cc1nc(-c2ccsc2)sc1C(=O)N[C@H]1CCCC[C@@H]1O. The molecule has 1 fully saturated rings. The number of aliphatic hydroxyl groups excluding tert-OH is 1. The minimum atomic E-state index is -0.424. The van der Waals surface area contributed by atoms with Crippen LogP contribution in [0.4, 0.5) is 0 Å². The van der Waals surface area contributed by atoms with E-state index in [4.69, 9.17) is 0 Å². The first-order valence-corrected chi connectivity index (χ1v) is 8.90. The zero-order valence-electron chi connectivity index (χ0n) is 11.8. The average Bonchev–Trinajstić information content (AvgIpc) is 3.10. The zero-order valence-corrected chi connectivity index (χ0v) is 13.5. The first-order valence-electron chi connectivity index (χ1n) is 7.14. The van der Waals surface area contributed by atoms with Crippen LogP contribution in [0.2, 0.25) is 0 Å². The molecule has 0 unspecified atom stereocenters. The summed E-state index contributed by atoms with van der Waals surface area (Å²) in [6, 6.07) is 1.88. The first-order chi connectivity index (χ1) is 10.1. The van der Waals surface area contributed by atoms with Gasteiger partial charge in [0.2, 0.25) is 0 Å². The molecule has 1 amide bonds. The molecule has 2 N–H and O–H groups in total. The fraction of sp³-hybridized carbons (Fsp3) is 0.467. The molecule has 2 aromatic rings. The molecule has 2 heterocycles. The summed E-state index contributed by atoms with van der Waals surface area (Å²) in [6.45, 7) is 1.86. The molecular weight excluding hydrogens is 304 g/mol. The van der Waals surface area contributed by atoms with Gasteiger partial charge in [-0.3, -0.25) is 4.79 Å². The van der Waals surface area contributed by atoms with Gasteiger partial charge in [0.15, 0.2) is 0 Å². The lowest BCUT2D eigenvalue weighted by atomic mass is 9.92. The largest absolute Gasteiger partial charge is 0.391 e. The van der Waals surface area contributed by atoms with Crippen LogP contribution in [0.15, 0.2) is 16.8 Å². The number of nitrogens with one attached hydrogen (secondary N) is 1. The van der Waals surface area contributed by atoms with Gasteiger partial charge in [0.05, 0.1) is 17.8 Å². The predicted octanol–water partition coefficient (Wildman–Crippen LogP) is 3.21. The summed E-state index contributed by atoms with van der Waals surface area (Å²) in [7, 11) is 0. The Labute approximate surface area is 131 Å². The van der Waals surface area contributed by atoms with Gasteiger partial charge in [0.25, 0.3) is 5.91 Å². The average molecular weight is 322 g/mol. The summed E-state index contributed by atoms with van der Waals surface area (Å²) in [4.78, 5) is 17.5. The van der Waals surface area contributed by atoms with Crippen LogP contribution in [0.1, 0.15) is 41.0 Å². The van der Waals surface area contributed by atoms with E-state index >= 15 is 0 Å². The van der Waals surface area contributed by atoms with Gasteiger partial charge >= 0.3 is 0 Å². The summed E-state index contributed by atoms with van der Waals surface area (Å²) < 4.78 is 0. The number of nitrogens with zero attached hydrogens (tertiary/aromatic N) is 1. The summed E-state index contributed by atoms with van der Waals surface area (Å²) >= 11 is 3.04. The molecule has 21 heavy (non-hydrogen) atoms. The van der Waals surface area contributed by atoms with E-state index in [-0.39, 0.29) is 11.9 Å². The first kappa shape index (κ1) is 14.7. The Morgan fingerprint density at radius 2 is 2.24 bits per heavy atom. The van der Waals surface area contributed by atoms with Crippen LogP contribution in [0, 0.1) is 6.92 Å². The Morgan fingerprint density at radius 1 is 1.43 bits per heavy atom.